The van der Waals surface area contributed by atoms with Crippen LogP contribution in [0.2, 0.25) is 0 Å². The molecule has 24 heavy (non-hydrogen) atoms. The summed E-state index contributed by atoms with van der Waals surface area (Å²) in [4.78, 5) is 29.9. The third-order valence-electron chi connectivity index (χ3n) is 4.45. The number of likely N-dealkylation sites (tertiary alicyclic amines) is 1. The molecule has 1 aromatic carbocycles. The largest absolute Gasteiger partial charge is 0.383 e. The average Bonchev–Trinajstić information content (AvgIpc) is 3.05. The molecule has 1 fully saturated rings. The van der Waals surface area contributed by atoms with Gasteiger partial charge in [-0.3, -0.25) is 9.59 Å². The van der Waals surface area contributed by atoms with Crippen molar-refractivity contribution in [3.8, 4) is 0 Å². The van der Waals surface area contributed by atoms with Gasteiger partial charge in [0, 0.05) is 37.6 Å². The van der Waals surface area contributed by atoms with Crippen LogP contribution < -0.4 is 5.32 Å². The van der Waals surface area contributed by atoms with Gasteiger partial charge in [0.15, 0.2) is 0 Å². The quantitative estimate of drug-likeness (QED) is 0.821. The van der Waals surface area contributed by atoms with E-state index in [0.717, 1.165) is 23.7 Å². The maximum Gasteiger partial charge on any atom is 0.270 e. The number of ether oxygens (including phenoxy) is 1. The second kappa shape index (κ2) is 7.49. The van der Waals surface area contributed by atoms with Crippen LogP contribution in [0.25, 0.3) is 10.9 Å². The van der Waals surface area contributed by atoms with Gasteiger partial charge in [0.05, 0.1) is 12.5 Å². The third kappa shape index (κ3) is 3.59. The number of amides is 2. The van der Waals surface area contributed by atoms with E-state index in [2.05, 4.69) is 10.3 Å². The first-order chi connectivity index (χ1) is 11.7. The molecule has 1 aliphatic rings. The van der Waals surface area contributed by atoms with Crippen molar-refractivity contribution in [2.45, 2.75) is 12.8 Å². The molecule has 0 saturated carbocycles. The Bertz CT molecular complexity index is 692. The van der Waals surface area contributed by atoms with E-state index in [1.807, 2.05) is 30.3 Å². The Labute approximate surface area is 141 Å². The van der Waals surface area contributed by atoms with E-state index >= 15 is 0 Å². The van der Waals surface area contributed by atoms with Crippen LogP contribution in [0.15, 0.2) is 30.3 Å². The second-order valence-electron chi connectivity index (χ2n) is 6.14. The fourth-order valence-electron chi connectivity index (χ4n) is 3.16. The fraction of sp³-hybridized carbons (Fsp3) is 0.444. The molecule has 1 unspecified atom stereocenters. The number of aromatic amines is 1. The first-order valence-corrected chi connectivity index (χ1v) is 8.32. The molecule has 0 spiro atoms. The monoisotopic (exact) mass is 329 g/mol. The molecule has 6 heteroatoms. The van der Waals surface area contributed by atoms with Gasteiger partial charge in [0.1, 0.15) is 5.69 Å². The predicted octanol–water partition coefficient (Wildman–Crippen LogP) is 1.78. The lowest BCUT2D eigenvalue weighted by atomic mass is 9.97. The molecular weight excluding hydrogens is 306 g/mol. The Morgan fingerprint density at radius 3 is 3.00 bits per heavy atom. The van der Waals surface area contributed by atoms with Gasteiger partial charge in [0.2, 0.25) is 5.91 Å². The molecule has 1 aliphatic heterocycles. The van der Waals surface area contributed by atoms with Crippen LogP contribution in [0, 0.1) is 5.92 Å². The molecule has 128 valence electrons. The number of aromatic nitrogens is 1. The zero-order valence-corrected chi connectivity index (χ0v) is 13.9. The first-order valence-electron chi connectivity index (χ1n) is 8.32. The van der Waals surface area contributed by atoms with Gasteiger partial charge < -0.3 is 19.9 Å². The molecule has 2 heterocycles. The second-order valence-corrected chi connectivity index (χ2v) is 6.14. The highest BCUT2D eigenvalue weighted by molar-refractivity contribution is 5.98. The van der Waals surface area contributed by atoms with Crippen molar-refractivity contribution in [2.75, 3.05) is 33.4 Å². The van der Waals surface area contributed by atoms with Crippen LogP contribution in [-0.2, 0) is 9.53 Å². The van der Waals surface area contributed by atoms with Gasteiger partial charge in [-0.25, -0.2) is 0 Å². The number of nitrogens with one attached hydrogen (secondary N) is 2. The van der Waals surface area contributed by atoms with Crippen molar-refractivity contribution in [3.05, 3.63) is 36.0 Å². The van der Waals surface area contributed by atoms with Gasteiger partial charge in [-0.05, 0) is 25.0 Å². The molecule has 2 amide bonds. The molecule has 3 rings (SSSR count). The van der Waals surface area contributed by atoms with E-state index in [9.17, 15) is 9.59 Å². The average molecular weight is 329 g/mol. The lowest BCUT2D eigenvalue weighted by molar-refractivity contribution is -0.126. The van der Waals surface area contributed by atoms with Crippen LogP contribution >= 0.6 is 0 Å². The zero-order chi connectivity index (χ0) is 16.9. The van der Waals surface area contributed by atoms with E-state index in [1.54, 1.807) is 12.0 Å². The normalized spacial score (nSPS) is 17.9. The summed E-state index contributed by atoms with van der Waals surface area (Å²) in [6.45, 7) is 2.15. The highest BCUT2D eigenvalue weighted by atomic mass is 16.5. The number of nitrogens with zero attached hydrogens (tertiary/aromatic N) is 1. The molecule has 0 aliphatic carbocycles. The topological polar surface area (TPSA) is 74.4 Å². The molecule has 1 saturated heterocycles. The molecular formula is C18H23N3O3. The molecule has 6 nitrogen and oxygen atoms in total. The summed E-state index contributed by atoms with van der Waals surface area (Å²) < 4.78 is 4.94. The van der Waals surface area contributed by atoms with Crippen LogP contribution in [0.4, 0.5) is 0 Å². The van der Waals surface area contributed by atoms with Crippen molar-refractivity contribution in [2.24, 2.45) is 5.92 Å². The van der Waals surface area contributed by atoms with Gasteiger partial charge >= 0.3 is 0 Å². The van der Waals surface area contributed by atoms with Gasteiger partial charge in [-0.15, -0.1) is 0 Å². The van der Waals surface area contributed by atoms with E-state index < -0.39 is 0 Å². The number of hydrogen-bond donors (Lipinski definition) is 2. The number of hydrogen-bond acceptors (Lipinski definition) is 3. The number of para-hydroxylation sites is 1. The number of benzene rings is 1. The lowest BCUT2D eigenvalue weighted by Gasteiger charge is -2.31. The standard InChI is InChI=1S/C18H23N3O3/c1-24-10-8-19-17(22)14-6-4-9-21(12-14)18(23)16-11-13-5-2-3-7-15(13)20-16/h2-3,5,7,11,14,20H,4,6,8-10,12H2,1H3,(H,19,22). The maximum absolute atomic E-state index is 12.7. The minimum absolute atomic E-state index is 0.00111. The highest BCUT2D eigenvalue weighted by Crippen LogP contribution is 2.21. The number of methoxy groups -OCH3 is 1. The number of fused-ring (bicyclic) bond motifs is 1. The molecule has 0 bridgehead atoms. The Morgan fingerprint density at radius 1 is 1.38 bits per heavy atom. The Kier molecular flexibility index (Phi) is 5.15. The van der Waals surface area contributed by atoms with Gasteiger partial charge in [0.25, 0.3) is 5.91 Å². The molecule has 2 aromatic rings. The van der Waals surface area contributed by atoms with Crippen molar-refractivity contribution in [3.63, 3.8) is 0 Å². The zero-order valence-electron chi connectivity index (χ0n) is 13.9. The maximum atomic E-state index is 12.7. The van der Waals surface area contributed by atoms with Gasteiger partial charge in [-0.1, -0.05) is 18.2 Å². The minimum atomic E-state index is -0.149. The summed E-state index contributed by atoms with van der Waals surface area (Å²) in [6.07, 6.45) is 1.66. The summed E-state index contributed by atoms with van der Waals surface area (Å²) in [5.74, 6) is -0.189. The Morgan fingerprint density at radius 2 is 2.21 bits per heavy atom. The molecule has 2 N–H and O–H groups in total. The Hall–Kier alpha value is -2.34. The van der Waals surface area contributed by atoms with E-state index in [1.165, 1.54) is 0 Å². The SMILES string of the molecule is COCCNC(=O)C1CCCN(C(=O)c2cc3ccccc3[nH]2)C1. The predicted molar refractivity (Wildman–Crippen MR) is 91.8 cm³/mol. The van der Waals surface area contributed by atoms with Crippen molar-refractivity contribution >= 4 is 22.7 Å². The fourth-order valence-corrected chi connectivity index (χ4v) is 3.16. The van der Waals surface area contributed by atoms with Crippen LogP contribution in [0.5, 0.6) is 0 Å². The highest BCUT2D eigenvalue weighted by Gasteiger charge is 2.29. The summed E-state index contributed by atoms with van der Waals surface area (Å²) in [5.41, 5.74) is 1.53. The van der Waals surface area contributed by atoms with E-state index in [4.69, 9.17) is 4.74 Å². The first kappa shape index (κ1) is 16.5. The van der Waals surface area contributed by atoms with Gasteiger partial charge in [-0.2, -0.15) is 0 Å². The van der Waals surface area contributed by atoms with Crippen molar-refractivity contribution in [1.29, 1.82) is 0 Å². The lowest BCUT2D eigenvalue weighted by Crippen LogP contribution is -2.46. The number of carbonyl (C=O) groups excluding carboxylic acids is 2. The number of rotatable bonds is 5. The summed E-state index contributed by atoms with van der Waals surface area (Å²) in [6, 6.07) is 9.69. The Balaban J connectivity index is 1.65. The van der Waals surface area contributed by atoms with Crippen LogP contribution in [0.1, 0.15) is 23.3 Å². The van der Waals surface area contributed by atoms with Crippen LogP contribution in [0.3, 0.4) is 0 Å². The van der Waals surface area contributed by atoms with E-state index in [-0.39, 0.29) is 17.7 Å². The molecule has 0 radical (unpaired) electrons. The van der Waals surface area contributed by atoms with Crippen molar-refractivity contribution in [1.82, 2.24) is 15.2 Å². The summed E-state index contributed by atoms with van der Waals surface area (Å²) >= 11 is 0. The molecule has 1 aromatic heterocycles. The minimum Gasteiger partial charge on any atom is -0.383 e. The number of H-pyrrole nitrogens is 1. The number of piperidine rings is 1. The van der Waals surface area contributed by atoms with Crippen LogP contribution in [-0.4, -0.2) is 55.0 Å². The van der Waals surface area contributed by atoms with Crippen molar-refractivity contribution < 1.29 is 14.3 Å². The summed E-state index contributed by atoms with van der Waals surface area (Å²) in [7, 11) is 1.60. The third-order valence-corrected chi connectivity index (χ3v) is 4.45. The number of carbonyl (C=O) groups is 2. The smallest absolute Gasteiger partial charge is 0.270 e. The van der Waals surface area contributed by atoms with E-state index in [0.29, 0.717) is 31.9 Å². The summed E-state index contributed by atoms with van der Waals surface area (Å²) in [5, 5.41) is 3.88. The molecule has 1 atom stereocenters.